The summed E-state index contributed by atoms with van der Waals surface area (Å²) in [5.74, 6) is -0.488. The van der Waals surface area contributed by atoms with Crippen molar-refractivity contribution in [2.75, 3.05) is 5.32 Å². The Bertz CT molecular complexity index is 533. The highest BCUT2D eigenvalue weighted by molar-refractivity contribution is 6.01. The minimum Gasteiger partial charge on any atom is -0.366 e. The fraction of sp³-hybridized carbons (Fsp3) is 0.429. The number of primary amides is 1. The lowest BCUT2D eigenvalue weighted by Crippen LogP contribution is -2.50. The van der Waals surface area contributed by atoms with Crippen LogP contribution in [0.3, 0.4) is 0 Å². The lowest BCUT2D eigenvalue weighted by Gasteiger charge is -2.24. The second-order valence-electron chi connectivity index (χ2n) is 5.35. The van der Waals surface area contributed by atoms with Crippen LogP contribution in [0, 0.1) is 12.8 Å². The lowest BCUT2D eigenvalue weighted by atomic mass is 9.95. The molecule has 0 heterocycles. The molecule has 0 saturated heterocycles. The van der Waals surface area contributed by atoms with Crippen LogP contribution in [0.5, 0.6) is 0 Å². The van der Waals surface area contributed by atoms with E-state index >= 15 is 0 Å². The van der Waals surface area contributed by atoms with Crippen LogP contribution >= 0.6 is 0 Å². The van der Waals surface area contributed by atoms with Crippen LogP contribution in [0.2, 0.25) is 0 Å². The molecule has 1 atom stereocenters. The molecule has 5 N–H and O–H groups in total. The number of nitrogens with one attached hydrogen (secondary N) is 1. The predicted molar refractivity (Wildman–Crippen MR) is 73.6 cm³/mol. The molecule has 1 aliphatic carbocycles. The molecule has 1 aromatic rings. The highest BCUT2D eigenvalue weighted by Gasteiger charge is 2.44. The number of benzene rings is 1. The van der Waals surface area contributed by atoms with E-state index in [1.165, 1.54) is 0 Å². The van der Waals surface area contributed by atoms with Crippen molar-refractivity contribution in [2.45, 2.75) is 32.2 Å². The molecule has 0 aromatic heterocycles. The molecule has 0 bridgehead atoms. The molecular formula is C14H19N3O2. The van der Waals surface area contributed by atoms with Crippen LogP contribution in [0.25, 0.3) is 0 Å². The van der Waals surface area contributed by atoms with Crippen LogP contribution in [0.15, 0.2) is 18.2 Å². The standard InChI is InChI=1S/C14H19N3O2/c1-8-10(12(15)18)4-3-5-11(8)17-13(19)14(2,16)9-6-7-9/h3-5,9H,6-7,16H2,1-2H3,(H2,15,18)(H,17,19). The van der Waals surface area contributed by atoms with Gasteiger partial charge in [0, 0.05) is 11.3 Å². The Labute approximate surface area is 112 Å². The lowest BCUT2D eigenvalue weighted by molar-refractivity contribution is -0.121. The van der Waals surface area contributed by atoms with E-state index in [1.807, 2.05) is 0 Å². The van der Waals surface area contributed by atoms with Crippen molar-refractivity contribution in [3.8, 4) is 0 Å². The predicted octanol–water partition coefficient (Wildman–Crippen LogP) is 1.16. The normalized spacial score (nSPS) is 17.6. The van der Waals surface area contributed by atoms with Crippen molar-refractivity contribution in [1.82, 2.24) is 0 Å². The first-order valence-electron chi connectivity index (χ1n) is 6.33. The molecule has 2 amide bonds. The Morgan fingerprint density at radius 3 is 2.53 bits per heavy atom. The first kappa shape index (κ1) is 13.5. The Morgan fingerprint density at radius 2 is 2.00 bits per heavy atom. The number of hydrogen-bond acceptors (Lipinski definition) is 3. The first-order chi connectivity index (χ1) is 8.84. The number of amides is 2. The van der Waals surface area contributed by atoms with E-state index in [4.69, 9.17) is 11.5 Å². The molecule has 5 nitrogen and oxygen atoms in total. The van der Waals surface area contributed by atoms with Crippen molar-refractivity contribution in [3.63, 3.8) is 0 Å². The second kappa shape index (κ2) is 4.66. The average molecular weight is 261 g/mol. The zero-order valence-electron chi connectivity index (χ0n) is 11.2. The van der Waals surface area contributed by atoms with Crippen LogP contribution in [-0.2, 0) is 4.79 Å². The first-order valence-corrected chi connectivity index (χ1v) is 6.33. The third-order valence-electron chi connectivity index (χ3n) is 3.76. The Morgan fingerprint density at radius 1 is 1.37 bits per heavy atom. The summed E-state index contributed by atoms with van der Waals surface area (Å²) in [5, 5.41) is 2.80. The largest absolute Gasteiger partial charge is 0.366 e. The number of anilines is 1. The quantitative estimate of drug-likeness (QED) is 0.758. The Hall–Kier alpha value is -1.88. The topological polar surface area (TPSA) is 98.2 Å². The van der Waals surface area contributed by atoms with Crippen LogP contribution in [0.4, 0.5) is 5.69 Å². The zero-order valence-corrected chi connectivity index (χ0v) is 11.2. The number of nitrogens with two attached hydrogens (primary N) is 2. The summed E-state index contributed by atoms with van der Waals surface area (Å²) < 4.78 is 0. The van der Waals surface area contributed by atoms with Crippen molar-refractivity contribution in [2.24, 2.45) is 17.4 Å². The molecule has 1 aliphatic rings. The number of carbonyl (C=O) groups is 2. The minimum absolute atomic E-state index is 0.222. The van der Waals surface area contributed by atoms with Gasteiger partial charge in [-0.1, -0.05) is 6.07 Å². The number of rotatable bonds is 4. The number of hydrogen-bond donors (Lipinski definition) is 3. The van der Waals surface area contributed by atoms with E-state index in [0.717, 1.165) is 12.8 Å². The highest BCUT2D eigenvalue weighted by atomic mass is 16.2. The molecule has 1 fully saturated rings. The van der Waals surface area contributed by atoms with Gasteiger partial charge in [-0.3, -0.25) is 9.59 Å². The SMILES string of the molecule is Cc1c(NC(=O)C(C)(N)C2CC2)cccc1C(N)=O. The third-order valence-corrected chi connectivity index (χ3v) is 3.76. The van der Waals surface area contributed by atoms with Gasteiger partial charge in [-0.2, -0.15) is 0 Å². The molecule has 1 saturated carbocycles. The smallest absolute Gasteiger partial charge is 0.249 e. The molecule has 0 spiro atoms. The molecule has 0 radical (unpaired) electrons. The summed E-state index contributed by atoms with van der Waals surface area (Å²) in [6, 6.07) is 5.06. The average Bonchev–Trinajstić information content (AvgIpc) is 3.15. The molecule has 1 unspecified atom stereocenters. The maximum absolute atomic E-state index is 12.2. The molecule has 19 heavy (non-hydrogen) atoms. The van der Waals surface area contributed by atoms with Gasteiger partial charge in [0.15, 0.2) is 0 Å². The Kier molecular flexibility index (Phi) is 3.32. The van der Waals surface area contributed by atoms with Crippen molar-refractivity contribution in [3.05, 3.63) is 29.3 Å². The van der Waals surface area contributed by atoms with E-state index in [0.29, 0.717) is 16.8 Å². The number of carbonyl (C=O) groups excluding carboxylic acids is 2. The maximum atomic E-state index is 12.2. The maximum Gasteiger partial charge on any atom is 0.249 e. The van der Waals surface area contributed by atoms with Crippen molar-refractivity contribution in [1.29, 1.82) is 0 Å². The Balaban J connectivity index is 2.22. The molecule has 0 aliphatic heterocycles. The molecule has 102 valence electrons. The fourth-order valence-electron chi connectivity index (χ4n) is 2.16. The monoisotopic (exact) mass is 261 g/mol. The van der Waals surface area contributed by atoms with E-state index in [-0.39, 0.29) is 11.8 Å². The van der Waals surface area contributed by atoms with Gasteiger partial charge >= 0.3 is 0 Å². The fourth-order valence-corrected chi connectivity index (χ4v) is 2.16. The second-order valence-corrected chi connectivity index (χ2v) is 5.35. The van der Waals surface area contributed by atoms with Gasteiger partial charge in [0.2, 0.25) is 11.8 Å². The van der Waals surface area contributed by atoms with E-state index in [2.05, 4.69) is 5.32 Å². The molecule has 5 heteroatoms. The van der Waals surface area contributed by atoms with Gasteiger partial charge in [-0.25, -0.2) is 0 Å². The molecule has 2 rings (SSSR count). The zero-order chi connectivity index (χ0) is 14.2. The summed E-state index contributed by atoms with van der Waals surface area (Å²) in [6.07, 6.45) is 1.97. The molecule has 1 aromatic carbocycles. The van der Waals surface area contributed by atoms with Gasteiger partial charge in [-0.15, -0.1) is 0 Å². The van der Waals surface area contributed by atoms with Gasteiger partial charge in [-0.05, 0) is 50.3 Å². The third kappa shape index (κ3) is 2.61. The highest BCUT2D eigenvalue weighted by Crippen LogP contribution is 2.38. The molecular weight excluding hydrogens is 242 g/mol. The summed E-state index contributed by atoms with van der Waals surface area (Å²) in [5.41, 5.74) is 12.1. The van der Waals surface area contributed by atoms with Gasteiger partial charge < -0.3 is 16.8 Å². The van der Waals surface area contributed by atoms with E-state index < -0.39 is 11.4 Å². The summed E-state index contributed by atoms with van der Waals surface area (Å²) in [4.78, 5) is 23.5. The van der Waals surface area contributed by atoms with Crippen LogP contribution < -0.4 is 16.8 Å². The summed E-state index contributed by atoms with van der Waals surface area (Å²) in [6.45, 7) is 3.49. The van der Waals surface area contributed by atoms with Crippen molar-refractivity contribution < 1.29 is 9.59 Å². The summed E-state index contributed by atoms with van der Waals surface area (Å²) >= 11 is 0. The summed E-state index contributed by atoms with van der Waals surface area (Å²) in [7, 11) is 0. The van der Waals surface area contributed by atoms with Crippen LogP contribution in [-0.4, -0.2) is 17.4 Å². The van der Waals surface area contributed by atoms with Crippen molar-refractivity contribution >= 4 is 17.5 Å². The van der Waals surface area contributed by atoms with Gasteiger partial charge in [0.05, 0.1) is 5.54 Å². The van der Waals surface area contributed by atoms with Gasteiger partial charge in [0.1, 0.15) is 0 Å². The van der Waals surface area contributed by atoms with E-state index in [1.54, 1.807) is 32.0 Å². The van der Waals surface area contributed by atoms with Gasteiger partial charge in [0.25, 0.3) is 0 Å². The van der Waals surface area contributed by atoms with E-state index in [9.17, 15) is 9.59 Å². The minimum atomic E-state index is -0.866. The van der Waals surface area contributed by atoms with Crippen LogP contribution in [0.1, 0.15) is 35.7 Å².